The minimum atomic E-state index is -2.90. The first kappa shape index (κ1) is 14.0. The lowest BCUT2D eigenvalue weighted by Gasteiger charge is -2.11. The van der Waals surface area contributed by atoms with Gasteiger partial charge in [-0.15, -0.1) is 0 Å². The van der Waals surface area contributed by atoms with Gasteiger partial charge in [-0.05, 0) is 30.3 Å². The number of nitrogens with zero attached hydrogens (tertiary/aromatic N) is 1. The Bertz CT molecular complexity index is 576. The highest BCUT2D eigenvalue weighted by atomic mass is 19.3. The molecule has 0 bridgehead atoms. The summed E-state index contributed by atoms with van der Waals surface area (Å²) in [5.74, 6) is 5.44. The van der Waals surface area contributed by atoms with Gasteiger partial charge in [0.2, 0.25) is 0 Å². The Balaban J connectivity index is 2.32. The molecule has 106 valence electrons. The number of alkyl halides is 2. The molecule has 1 aromatic carbocycles. The molecule has 0 aliphatic carbocycles. The fourth-order valence-corrected chi connectivity index (χ4v) is 1.67. The zero-order valence-electron chi connectivity index (χ0n) is 10.6. The zero-order valence-corrected chi connectivity index (χ0v) is 10.6. The van der Waals surface area contributed by atoms with Crippen LogP contribution in [0.1, 0.15) is 0 Å². The van der Waals surface area contributed by atoms with Gasteiger partial charge in [-0.25, -0.2) is 0 Å². The highest BCUT2D eigenvalue weighted by Gasteiger charge is 2.12. The minimum absolute atomic E-state index is 0.0218. The predicted molar refractivity (Wildman–Crippen MR) is 70.7 cm³/mol. The summed E-state index contributed by atoms with van der Waals surface area (Å²) >= 11 is 0. The van der Waals surface area contributed by atoms with Gasteiger partial charge in [-0.2, -0.15) is 8.78 Å². The van der Waals surface area contributed by atoms with Gasteiger partial charge >= 0.3 is 6.61 Å². The highest BCUT2D eigenvalue weighted by Crippen LogP contribution is 2.32. The van der Waals surface area contributed by atoms with Crippen LogP contribution in [0.15, 0.2) is 36.5 Å². The molecule has 0 amide bonds. The van der Waals surface area contributed by atoms with Crippen molar-refractivity contribution in [3.8, 4) is 22.8 Å². The number of nitrogens with one attached hydrogen (secondary N) is 1. The molecule has 1 heterocycles. The first-order chi connectivity index (χ1) is 9.63. The Labute approximate surface area is 114 Å². The van der Waals surface area contributed by atoms with Gasteiger partial charge in [0.15, 0.2) is 11.5 Å². The number of nitrogens with two attached hydrogens (primary N) is 1. The molecule has 20 heavy (non-hydrogen) atoms. The number of hydrogen-bond acceptors (Lipinski definition) is 5. The van der Waals surface area contributed by atoms with Gasteiger partial charge in [0.05, 0.1) is 24.7 Å². The molecule has 1 aromatic heterocycles. The standard InChI is InChI=1S/C13H13F2N3O2/c1-19-12-6-8(2-5-11(12)20-13(14)15)10-4-3-9(18-16)7-17-10/h2-7,13,18H,16H2,1H3. The Morgan fingerprint density at radius 1 is 1.20 bits per heavy atom. The molecule has 0 saturated carbocycles. The van der Waals surface area contributed by atoms with Crippen LogP contribution in [-0.4, -0.2) is 18.7 Å². The third kappa shape index (κ3) is 3.12. The van der Waals surface area contributed by atoms with E-state index in [1.807, 2.05) is 0 Å². The SMILES string of the molecule is COc1cc(-c2ccc(NN)cn2)ccc1OC(F)F. The van der Waals surface area contributed by atoms with Crippen molar-refractivity contribution in [2.24, 2.45) is 5.84 Å². The number of hydrogen-bond donors (Lipinski definition) is 2. The predicted octanol–water partition coefficient (Wildman–Crippen LogP) is 2.64. The third-order valence-electron chi connectivity index (χ3n) is 2.61. The average Bonchev–Trinajstić information content (AvgIpc) is 2.47. The van der Waals surface area contributed by atoms with Gasteiger partial charge in [0.25, 0.3) is 0 Å². The Morgan fingerprint density at radius 2 is 2.00 bits per heavy atom. The number of aromatic nitrogens is 1. The van der Waals surface area contributed by atoms with Crippen molar-refractivity contribution in [1.82, 2.24) is 4.98 Å². The number of benzene rings is 1. The van der Waals surface area contributed by atoms with Gasteiger partial charge < -0.3 is 14.9 Å². The van der Waals surface area contributed by atoms with Crippen molar-refractivity contribution in [2.75, 3.05) is 12.5 Å². The van der Waals surface area contributed by atoms with E-state index in [1.54, 1.807) is 30.5 Å². The molecule has 5 nitrogen and oxygen atoms in total. The molecule has 0 unspecified atom stereocenters. The summed E-state index contributed by atoms with van der Waals surface area (Å²) in [5, 5.41) is 0. The fourth-order valence-electron chi connectivity index (χ4n) is 1.67. The maximum atomic E-state index is 12.2. The number of pyridine rings is 1. The molecule has 2 rings (SSSR count). The molecule has 0 aliphatic rings. The van der Waals surface area contributed by atoms with Crippen molar-refractivity contribution >= 4 is 5.69 Å². The number of halogens is 2. The van der Waals surface area contributed by atoms with Gasteiger partial charge in [-0.3, -0.25) is 10.8 Å². The van der Waals surface area contributed by atoms with Crippen LogP contribution in [0.3, 0.4) is 0 Å². The number of rotatable bonds is 5. The second-order valence-electron chi connectivity index (χ2n) is 3.82. The monoisotopic (exact) mass is 281 g/mol. The Kier molecular flexibility index (Phi) is 4.31. The van der Waals surface area contributed by atoms with Crippen molar-refractivity contribution in [1.29, 1.82) is 0 Å². The molecule has 0 atom stereocenters. The van der Waals surface area contributed by atoms with Gasteiger partial charge in [-0.1, -0.05) is 0 Å². The number of hydrazine groups is 1. The molecule has 7 heteroatoms. The van der Waals surface area contributed by atoms with E-state index in [0.29, 0.717) is 16.9 Å². The van der Waals surface area contributed by atoms with E-state index in [-0.39, 0.29) is 11.5 Å². The lowest BCUT2D eigenvalue weighted by molar-refractivity contribution is -0.0512. The zero-order chi connectivity index (χ0) is 14.5. The van der Waals surface area contributed by atoms with Crippen LogP contribution in [0.4, 0.5) is 14.5 Å². The normalized spacial score (nSPS) is 10.4. The van der Waals surface area contributed by atoms with E-state index in [2.05, 4.69) is 15.1 Å². The Hall–Kier alpha value is -2.41. The second-order valence-corrected chi connectivity index (χ2v) is 3.82. The molecule has 0 radical (unpaired) electrons. The van der Waals surface area contributed by atoms with Gasteiger partial charge in [0, 0.05) is 5.56 Å². The lowest BCUT2D eigenvalue weighted by Crippen LogP contribution is -2.06. The fraction of sp³-hybridized carbons (Fsp3) is 0.154. The van der Waals surface area contributed by atoms with Crippen LogP contribution in [-0.2, 0) is 0 Å². The Morgan fingerprint density at radius 3 is 2.55 bits per heavy atom. The van der Waals surface area contributed by atoms with Crippen LogP contribution in [0, 0.1) is 0 Å². The number of ether oxygens (including phenoxy) is 2. The summed E-state index contributed by atoms with van der Waals surface area (Å²) in [6, 6.07) is 8.11. The van der Waals surface area contributed by atoms with E-state index in [9.17, 15) is 8.78 Å². The van der Waals surface area contributed by atoms with E-state index in [4.69, 9.17) is 10.6 Å². The number of methoxy groups -OCH3 is 1. The number of anilines is 1. The molecule has 3 N–H and O–H groups in total. The summed E-state index contributed by atoms with van der Waals surface area (Å²) in [6.45, 7) is -2.90. The summed E-state index contributed by atoms with van der Waals surface area (Å²) in [6.07, 6.45) is 1.56. The second kappa shape index (κ2) is 6.16. The molecule has 0 saturated heterocycles. The maximum absolute atomic E-state index is 12.2. The van der Waals surface area contributed by atoms with Crippen LogP contribution in [0.25, 0.3) is 11.3 Å². The molecule has 0 aliphatic heterocycles. The third-order valence-corrected chi connectivity index (χ3v) is 2.61. The molecule has 2 aromatic rings. The van der Waals surface area contributed by atoms with E-state index >= 15 is 0 Å². The van der Waals surface area contributed by atoms with Crippen LogP contribution >= 0.6 is 0 Å². The van der Waals surface area contributed by atoms with Crippen molar-refractivity contribution in [2.45, 2.75) is 6.61 Å². The maximum Gasteiger partial charge on any atom is 0.387 e. The van der Waals surface area contributed by atoms with Crippen molar-refractivity contribution in [3.05, 3.63) is 36.5 Å². The van der Waals surface area contributed by atoms with Gasteiger partial charge in [0.1, 0.15) is 0 Å². The van der Waals surface area contributed by atoms with Crippen molar-refractivity contribution < 1.29 is 18.3 Å². The number of nitrogen functional groups attached to an aromatic ring is 1. The van der Waals surface area contributed by atoms with E-state index < -0.39 is 6.61 Å². The first-order valence-electron chi connectivity index (χ1n) is 5.70. The van der Waals surface area contributed by atoms with E-state index in [1.165, 1.54) is 13.2 Å². The van der Waals surface area contributed by atoms with Crippen LogP contribution < -0.4 is 20.7 Å². The van der Waals surface area contributed by atoms with E-state index in [0.717, 1.165) is 0 Å². The largest absolute Gasteiger partial charge is 0.493 e. The van der Waals surface area contributed by atoms with Crippen LogP contribution in [0.2, 0.25) is 0 Å². The summed E-state index contributed by atoms with van der Waals surface area (Å²) in [7, 11) is 1.38. The smallest absolute Gasteiger partial charge is 0.387 e. The minimum Gasteiger partial charge on any atom is -0.493 e. The topological polar surface area (TPSA) is 69.4 Å². The molecular weight excluding hydrogens is 268 g/mol. The summed E-state index contributed by atoms with van der Waals surface area (Å²) in [4.78, 5) is 4.20. The molecule has 0 spiro atoms. The molecule has 0 fully saturated rings. The lowest BCUT2D eigenvalue weighted by atomic mass is 10.1. The summed E-state index contributed by atoms with van der Waals surface area (Å²) < 4.78 is 33.9. The quantitative estimate of drug-likeness (QED) is 0.651. The van der Waals surface area contributed by atoms with Crippen molar-refractivity contribution in [3.63, 3.8) is 0 Å². The molecular formula is C13H13F2N3O2. The van der Waals surface area contributed by atoms with Crippen LogP contribution in [0.5, 0.6) is 11.5 Å². The summed E-state index contributed by atoms with van der Waals surface area (Å²) in [5.41, 5.74) is 4.51. The highest BCUT2D eigenvalue weighted by molar-refractivity contribution is 5.65. The first-order valence-corrected chi connectivity index (χ1v) is 5.70. The average molecular weight is 281 g/mol.